The van der Waals surface area contributed by atoms with Crippen molar-refractivity contribution in [3.05, 3.63) is 0 Å². The average molecular weight is 263 g/mol. The van der Waals surface area contributed by atoms with Crippen LogP contribution in [0.4, 0.5) is 13.2 Å². The number of rotatable bonds is 2. The summed E-state index contributed by atoms with van der Waals surface area (Å²) in [6.45, 7) is 2.34. The quantitative estimate of drug-likeness (QED) is 0.789. The Hall–Kier alpha value is -0.250. The van der Waals surface area contributed by atoms with Crippen molar-refractivity contribution in [3.8, 4) is 0 Å². The molecule has 1 nitrogen and oxygen atoms in total. The molecule has 1 N–H and O–H groups in total. The van der Waals surface area contributed by atoms with Gasteiger partial charge in [-0.25, -0.2) is 0 Å². The summed E-state index contributed by atoms with van der Waals surface area (Å²) in [4.78, 5) is 0. The molecule has 2 fully saturated rings. The Morgan fingerprint density at radius 3 is 2.33 bits per heavy atom. The predicted molar refractivity (Wildman–Crippen MR) is 66.3 cm³/mol. The van der Waals surface area contributed by atoms with E-state index in [-0.39, 0.29) is 6.54 Å². The number of hydrogen-bond acceptors (Lipinski definition) is 1. The summed E-state index contributed by atoms with van der Waals surface area (Å²) in [5, 5.41) is 3.19. The van der Waals surface area contributed by atoms with Crippen molar-refractivity contribution in [3.63, 3.8) is 0 Å². The SMILES string of the molecule is CCC1CCCCC1C1CCC(C(F)(F)F)CN1. The molecule has 0 bridgehead atoms. The third kappa shape index (κ3) is 3.19. The predicted octanol–water partition coefficient (Wildman–Crippen LogP) is 4.13. The van der Waals surface area contributed by atoms with Crippen molar-refractivity contribution < 1.29 is 13.2 Å². The lowest BCUT2D eigenvalue weighted by atomic mass is 9.71. The lowest BCUT2D eigenvalue weighted by Gasteiger charge is -2.41. The van der Waals surface area contributed by atoms with Gasteiger partial charge in [-0.1, -0.05) is 32.6 Å². The number of hydrogen-bond donors (Lipinski definition) is 1. The summed E-state index contributed by atoms with van der Waals surface area (Å²) in [7, 11) is 0. The number of alkyl halides is 3. The number of nitrogens with one attached hydrogen (secondary N) is 1. The average Bonchev–Trinajstić information content (AvgIpc) is 2.38. The van der Waals surface area contributed by atoms with E-state index < -0.39 is 12.1 Å². The van der Waals surface area contributed by atoms with Crippen LogP contribution in [-0.2, 0) is 0 Å². The maximum absolute atomic E-state index is 12.6. The van der Waals surface area contributed by atoms with Gasteiger partial charge in [-0.2, -0.15) is 13.2 Å². The van der Waals surface area contributed by atoms with E-state index in [1.165, 1.54) is 32.1 Å². The molecule has 4 unspecified atom stereocenters. The second-order valence-electron chi connectivity index (χ2n) is 5.95. The van der Waals surface area contributed by atoms with Gasteiger partial charge in [-0.3, -0.25) is 0 Å². The van der Waals surface area contributed by atoms with E-state index in [0.29, 0.717) is 24.8 Å². The van der Waals surface area contributed by atoms with E-state index in [1.807, 2.05) is 0 Å². The smallest absolute Gasteiger partial charge is 0.313 e. The molecule has 1 aliphatic carbocycles. The standard InChI is InChI=1S/C14H24F3N/c1-2-10-5-3-4-6-12(10)13-8-7-11(9-18-13)14(15,16)17/h10-13,18H,2-9H2,1H3. The Morgan fingerprint density at radius 1 is 1.06 bits per heavy atom. The molecule has 106 valence electrons. The van der Waals surface area contributed by atoms with Gasteiger partial charge in [0.05, 0.1) is 5.92 Å². The molecule has 1 saturated heterocycles. The summed E-state index contributed by atoms with van der Waals surface area (Å²) < 4.78 is 37.8. The highest BCUT2D eigenvalue weighted by Gasteiger charge is 2.43. The zero-order valence-electron chi connectivity index (χ0n) is 11.1. The van der Waals surface area contributed by atoms with Crippen LogP contribution in [0.1, 0.15) is 51.9 Å². The van der Waals surface area contributed by atoms with Crippen LogP contribution in [0.5, 0.6) is 0 Å². The molecular formula is C14H24F3N. The lowest BCUT2D eigenvalue weighted by molar-refractivity contribution is -0.180. The van der Waals surface area contributed by atoms with E-state index in [4.69, 9.17) is 0 Å². The summed E-state index contributed by atoms with van der Waals surface area (Å²) in [6, 6.07) is 0.328. The van der Waals surface area contributed by atoms with Crippen LogP contribution >= 0.6 is 0 Å². The van der Waals surface area contributed by atoms with Gasteiger partial charge in [0.2, 0.25) is 0 Å². The number of halogens is 3. The van der Waals surface area contributed by atoms with E-state index in [9.17, 15) is 13.2 Å². The largest absolute Gasteiger partial charge is 0.393 e. The minimum Gasteiger partial charge on any atom is -0.313 e. The van der Waals surface area contributed by atoms with Crippen molar-refractivity contribution >= 4 is 0 Å². The van der Waals surface area contributed by atoms with Gasteiger partial charge in [0, 0.05) is 12.6 Å². The first-order valence-electron chi connectivity index (χ1n) is 7.32. The Labute approximate surface area is 108 Å². The zero-order valence-corrected chi connectivity index (χ0v) is 11.1. The van der Waals surface area contributed by atoms with Gasteiger partial charge >= 0.3 is 6.18 Å². The van der Waals surface area contributed by atoms with Crippen molar-refractivity contribution in [2.75, 3.05) is 6.54 Å². The van der Waals surface area contributed by atoms with E-state index in [2.05, 4.69) is 12.2 Å². The molecule has 2 aliphatic rings. The highest BCUT2D eigenvalue weighted by atomic mass is 19.4. The topological polar surface area (TPSA) is 12.0 Å². The fraction of sp³-hybridized carbons (Fsp3) is 1.00. The summed E-state index contributed by atoms with van der Waals surface area (Å²) >= 11 is 0. The Morgan fingerprint density at radius 2 is 1.78 bits per heavy atom. The van der Waals surface area contributed by atoms with Crippen molar-refractivity contribution in [2.24, 2.45) is 17.8 Å². The van der Waals surface area contributed by atoms with Crippen LogP contribution in [-0.4, -0.2) is 18.8 Å². The molecule has 0 aromatic heterocycles. The Bertz CT molecular complexity index is 256. The van der Waals surface area contributed by atoms with E-state index in [1.54, 1.807) is 0 Å². The third-order valence-electron chi connectivity index (χ3n) is 4.92. The first kappa shape index (κ1) is 14.2. The minimum absolute atomic E-state index is 0.126. The first-order chi connectivity index (χ1) is 8.52. The van der Waals surface area contributed by atoms with Crippen LogP contribution in [0.15, 0.2) is 0 Å². The van der Waals surface area contributed by atoms with Gasteiger partial charge < -0.3 is 5.32 Å². The third-order valence-corrected chi connectivity index (χ3v) is 4.92. The van der Waals surface area contributed by atoms with Crippen molar-refractivity contribution in [1.82, 2.24) is 5.32 Å². The van der Waals surface area contributed by atoms with E-state index in [0.717, 1.165) is 5.92 Å². The highest BCUT2D eigenvalue weighted by Crippen LogP contribution is 2.39. The molecule has 2 rings (SSSR count). The molecule has 4 atom stereocenters. The lowest BCUT2D eigenvalue weighted by Crippen LogP contribution is -2.49. The molecule has 4 heteroatoms. The summed E-state index contributed by atoms with van der Waals surface area (Å²) in [6.07, 6.45) is 3.18. The molecular weight excluding hydrogens is 239 g/mol. The van der Waals surface area contributed by atoms with Crippen LogP contribution < -0.4 is 5.32 Å². The van der Waals surface area contributed by atoms with Gasteiger partial charge in [-0.15, -0.1) is 0 Å². The minimum atomic E-state index is -4.02. The summed E-state index contributed by atoms with van der Waals surface area (Å²) in [5.74, 6) is 0.203. The van der Waals surface area contributed by atoms with Gasteiger partial charge in [-0.05, 0) is 31.1 Å². The van der Waals surface area contributed by atoms with E-state index >= 15 is 0 Å². The molecule has 0 aromatic carbocycles. The van der Waals surface area contributed by atoms with Crippen molar-refractivity contribution in [1.29, 1.82) is 0 Å². The Balaban J connectivity index is 1.88. The molecule has 0 radical (unpaired) electrons. The normalized spacial score (nSPS) is 38.7. The van der Waals surface area contributed by atoms with Crippen LogP contribution in [0, 0.1) is 17.8 Å². The number of piperidine rings is 1. The maximum atomic E-state index is 12.6. The molecule has 0 spiro atoms. The molecule has 0 aromatic rings. The van der Waals surface area contributed by atoms with Gasteiger partial charge in [0.1, 0.15) is 0 Å². The van der Waals surface area contributed by atoms with Gasteiger partial charge in [0.15, 0.2) is 0 Å². The highest BCUT2D eigenvalue weighted by molar-refractivity contribution is 4.89. The van der Waals surface area contributed by atoms with Crippen LogP contribution in [0.25, 0.3) is 0 Å². The van der Waals surface area contributed by atoms with Crippen LogP contribution in [0.3, 0.4) is 0 Å². The Kier molecular flexibility index (Phi) is 4.57. The van der Waals surface area contributed by atoms with Gasteiger partial charge in [0.25, 0.3) is 0 Å². The first-order valence-corrected chi connectivity index (χ1v) is 7.32. The fourth-order valence-corrected chi connectivity index (χ4v) is 3.80. The fourth-order valence-electron chi connectivity index (χ4n) is 3.80. The van der Waals surface area contributed by atoms with Crippen molar-refractivity contribution in [2.45, 2.75) is 64.1 Å². The second kappa shape index (κ2) is 5.81. The molecule has 1 aliphatic heterocycles. The molecule has 0 amide bonds. The molecule has 18 heavy (non-hydrogen) atoms. The zero-order chi connectivity index (χ0) is 13.2. The second-order valence-corrected chi connectivity index (χ2v) is 5.95. The maximum Gasteiger partial charge on any atom is 0.393 e. The monoisotopic (exact) mass is 263 g/mol. The molecule has 1 saturated carbocycles. The molecule has 1 heterocycles. The summed E-state index contributed by atoms with van der Waals surface area (Å²) in [5.41, 5.74) is 0. The van der Waals surface area contributed by atoms with Crippen LogP contribution in [0.2, 0.25) is 0 Å².